The van der Waals surface area contributed by atoms with Crippen molar-refractivity contribution >= 4 is 17.3 Å². The summed E-state index contributed by atoms with van der Waals surface area (Å²) in [7, 11) is 0. The average Bonchev–Trinajstić information content (AvgIpc) is 2.54. The highest BCUT2D eigenvalue weighted by atomic mass is 19.4. The van der Waals surface area contributed by atoms with Gasteiger partial charge in [-0.25, -0.2) is 0 Å². The number of hydrogen-bond acceptors (Lipinski definition) is 2. The van der Waals surface area contributed by atoms with Crippen molar-refractivity contribution in [3.8, 4) is 0 Å². The highest BCUT2D eigenvalue weighted by molar-refractivity contribution is 5.96. The summed E-state index contributed by atoms with van der Waals surface area (Å²) in [6.07, 6.45) is -2.66. The van der Waals surface area contributed by atoms with E-state index in [-0.39, 0.29) is 12.3 Å². The lowest BCUT2D eigenvalue weighted by molar-refractivity contribution is -0.137. The van der Waals surface area contributed by atoms with E-state index in [1.54, 1.807) is 11.0 Å². The first kappa shape index (κ1) is 16.4. The second kappa shape index (κ2) is 6.19. The van der Waals surface area contributed by atoms with Crippen LogP contribution in [-0.2, 0) is 23.8 Å². The molecular formula is C18H17F3N2O. The molecule has 1 aliphatic heterocycles. The highest BCUT2D eigenvalue weighted by Crippen LogP contribution is 2.32. The van der Waals surface area contributed by atoms with Gasteiger partial charge in [0.15, 0.2) is 0 Å². The van der Waals surface area contributed by atoms with Crippen molar-refractivity contribution in [2.24, 2.45) is 0 Å². The fraction of sp³-hybridized carbons (Fsp3) is 0.278. The quantitative estimate of drug-likeness (QED) is 0.849. The fourth-order valence-electron chi connectivity index (χ4n) is 2.99. The van der Waals surface area contributed by atoms with Crippen molar-refractivity contribution in [3.63, 3.8) is 0 Å². The van der Waals surface area contributed by atoms with Gasteiger partial charge in [0.05, 0.1) is 12.0 Å². The van der Waals surface area contributed by atoms with Gasteiger partial charge >= 0.3 is 6.18 Å². The zero-order chi connectivity index (χ0) is 17.3. The molecule has 0 aliphatic carbocycles. The zero-order valence-electron chi connectivity index (χ0n) is 12.9. The van der Waals surface area contributed by atoms with Crippen molar-refractivity contribution in [1.29, 1.82) is 0 Å². The molecule has 2 aromatic rings. The standard InChI is InChI=1S/C18H17F3N2O/c19-18(20,21)13-8-6-12(7-9-13)11-17(24)23-10-2-3-14-15(22)4-1-5-16(14)23/h1,4-9H,2-3,10-11,22H2. The van der Waals surface area contributed by atoms with E-state index >= 15 is 0 Å². The maximum absolute atomic E-state index is 12.6. The third-order valence-electron chi connectivity index (χ3n) is 4.22. The largest absolute Gasteiger partial charge is 0.416 e. The topological polar surface area (TPSA) is 46.3 Å². The number of hydrogen-bond donors (Lipinski definition) is 1. The molecule has 1 heterocycles. The summed E-state index contributed by atoms with van der Waals surface area (Å²) < 4.78 is 37.8. The number of alkyl halides is 3. The Morgan fingerprint density at radius 2 is 1.83 bits per heavy atom. The van der Waals surface area contributed by atoms with Gasteiger partial charge in [-0.1, -0.05) is 18.2 Å². The molecule has 1 amide bonds. The molecule has 0 unspecified atom stereocenters. The molecule has 3 rings (SSSR count). The van der Waals surface area contributed by atoms with Gasteiger partial charge in [-0.2, -0.15) is 13.2 Å². The molecular weight excluding hydrogens is 317 g/mol. The summed E-state index contributed by atoms with van der Waals surface area (Å²) in [5.74, 6) is -0.138. The summed E-state index contributed by atoms with van der Waals surface area (Å²) in [5.41, 5.74) is 8.25. The Balaban J connectivity index is 1.78. The lowest BCUT2D eigenvalue weighted by Crippen LogP contribution is -2.36. The number of rotatable bonds is 2. The van der Waals surface area contributed by atoms with Crippen LogP contribution in [0.4, 0.5) is 24.5 Å². The van der Waals surface area contributed by atoms with E-state index in [4.69, 9.17) is 5.73 Å². The van der Waals surface area contributed by atoms with Crippen molar-refractivity contribution < 1.29 is 18.0 Å². The Bertz CT molecular complexity index is 754. The lowest BCUT2D eigenvalue weighted by atomic mass is 9.99. The molecule has 1 aliphatic rings. The minimum absolute atomic E-state index is 0.0619. The number of amides is 1. The Hall–Kier alpha value is -2.50. The van der Waals surface area contributed by atoms with Gasteiger partial charge in [-0.05, 0) is 48.2 Å². The second-order valence-corrected chi connectivity index (χ2v) is 5.87. The van der Waals surface area contributed by atoms with Crippen LogP contribution in [0.2, 0.25) is 0 Å². The summed E-state index contributed by atoms with van der Waals surface area (Å²) >= 11 is 0. The molecule has 0 saturated heterocycles. The SMILES string of the molecule is Nc1cccc2c1CCCN2C(=O)Cc1ccc(C(F)(F)F)cc1. The molecule has 0 spiro atoms. The predicted octanol–water partition coefficient (Wildman–Crippen LogP) is 3.81. The molecule has 2 aromatic carbocycles. The zero-order valence-corrected chi connectivity index (χ0v) is 12.9. The third-order valence-corrected chi connectivity index (χ3v) is 4.22. The molecule has 0 fully saturated rings. The number of benzene rings is 2. The van der Waals surface area contributed by atoms with Crippen LogP contribution in [0.5, 0.6) is 0 Å². The number of fused-ring (bicyclic) bond motifs is 1. The third kappa shape index (κ3) is 3.22. The van der Waals surface area contributed by atoms with E-state index in [0.29, 0.717) is 17.8 Å². The Morgan fingerprint density at radius 1 is 1.12 bits per heavy atom. The first-order valence-corrected chi connectivity index (χ1v) is 7.70. The van der Waals surface area contributed by atoms with Crippen molar-refractivity contribution in [2.75, 3.05) is 17.2 Å². The maximum atomic E-state index is 12.6. The minimum Gasteiger partial charge on any atom is -0.398 e. The lowest BCUT2D eigenvalue weighted by Gasteiger charge is -2.30. The van der Waals surface area contributed by atoms with Gasteiger partial charge in [0.25, 0.3) is 0 Å². The maximum Gasteiger partial charge on any atom is 0.416 e. The first-order valence-electron chi connectivity index (χ1n) is 7.70. The van der Waals surface area contributed by atoms with Crippen LogP contribution < -0.4 is 10.6 Å². The molecule has 6 heteroatoms. The molecule has 0 atom stereocenters. The molecule has 0 saturated carbocycles. The predicted molar refractivity (Wildman–Crippen MR) is 86.7 cm³/mol. The van der Waals surface area contributed by atoms with Crippen LogP contribution in [0.25, 0.3) is 0 Å². The van der Waals surface area contributed by atoms with E-state index < -0.39 is 11.7 Å². The van der Waals surface area contributed by atoms with Crippen LogP contribution in [0, 0.1) is 0 Å². The molecule has 2 N–H and O–H groups in total. The van der Waals surface area contributed by atoms with Gasteiger partial charge < -0.3 is 10.6 Å². The first-order chi connectivity index (χ1) is 11.4. The van der Waals surface area contributed by atoms with Gasteiger partial charge in [0.2, 0.25) is 5.91 Å². The summed E-state index contributed by atoms with van der Waals surface area (Å²) in [6.45, 7) is 0.593. The van der Waals surface area contributed by atoms with Crippen LogP contribution in [0.15, 0.2) is 42.5 Å². The van der Waals surface area contributed by atoms with E-state index in [1.165, 1.54) is 12.1 Å². The molecule has 0 bridgehead atoms. The number of nitrogen functional groups attached to an aromatic ring is 1. The normalized spacial score (nSPS) is 14.4. The minimum atomic E-state index is -4.37. The highest BCUT2D eigenvalue weighted by Gasteiger charge is 2.30. The van der Waals surface area contributed by atoms with Gasteiger partial charge in [0.1, 0.15) is 0 Å². The van der Waals surface area contributed by atoms with Crippen molar-refractivity contribution in [2.45, 2.75) is 25.4 Å². The van der Waals surface area contributed by atoms with Gasteiger partial charge in [-0.3, -0.25) is 4.79 Å². The van der Waals surface area contributed by atoms with Crippen LogP contribution in [0.3, 0.4) is 0 Å². The summed E-state index contributed by atoms with van der Waals surface area (Å²) in [6, 6.07) is 10.2. The Labute approximate surface area is 137 Å². The van der Waals surface area contributed by atoms with Crippen molar-refractivity contribution in [1.82, 2.24) is 0 Å². The Kier molecular flexibility index (Phi) is 4.22. The smallest absolute Gasteiger partial charge is 0.398 e. The number of halogens is 3. The van der Waals surface area contributed by atoms with E-state index in [1.807, 2.05) is 12.1 Å². The molecule has 0 aromatic heterocycles. The number of nitrogens with zero attached hydrogens (tertiary/aromatic N) is 1. The number of anilines is 2. The van der Waals surface area contributed by atoms with Crippen molar-refractivity contribution in [3.05, 3.63) is 59.2 Å². The number of carbonyl (C=O) groups excluding carboxylic acids is 1. The monoisotopic (exact) mass is 334 g/mol. The van der Waals surface area contributed by atoms with Crippen LogP contribution >= 0.6 is 0 Å². The fourth-order valence-corrected chi connectivity index (χ4v) is 2.99. The van der Waals surface area contributed by atoms with E-state index in [0.717, 1.165) is 36.2 Å². The number of carbonyl (C=O) groups is 1. The van der Waals surface area contributed by atoms with Gasteiger partial charge in [0, 0.05) is 17.9 Å². The summed E-state index contributed by atoms with van der Waals surface area (Å²) in [5, 5.41) is 0. The van der Waals surface area contributed by atoms with Crippen LogP contribution in [-0.4, -0.2) is 12.5 Å². The van der Waals surface area contributed by atoms with E-state index in [9.17, 15) is 18.0 Å². The average molecular weight is 334 g/mol. The Morgan fingerprint density at radius 3 is 2.50 bits per heavy atom. The summed E-state index contributed by atoms with van der Waals surface area (Å²) in [4.78, 5) is 14.3. The second-order valence-electron chi connectivity index (χ2n) is 5.87. The van der Waals surface area contributed by atoms with Gasteiger partial charge in [-0.15, -0.1) is 0 Å². The molecule has 24 heavy (non-hydrogen) atoms. The van der Waals surface area contributed by atoms with E-state index in [2.05, 4.69) is 0 Å². The molecule has 126 valence electrons. The molecule has 0 radical (unpaired) electrons. The molecule has 3 nitrogen and oxygen atoms in total. The van der Waals surface area contributed by atoms with Crippen LogP contribution in [0.1, 0.15) is 23.1 Å². The number of nitrogens with two attached hydrogens (primary N) is 1.